The van der Waals surface area contributed by atoms with Gasteiger partial charge in [0, 0.05) is 6.42 Å². The average molecular weight is 342 g/mol. The van der Waals surface area contributed by atoms with E-state index < -0.39 is 0 Å². The molecule has 0 unspecified atom stereocenters. The maximum absolute atomic E-state index is 11.4. The van der Waals surface area contributed by atoms with Gasteiger partial charge in [-0.25, -0.2) is 4.68 Å². The Morgan fingerprint density at radius 3 is 2.83 bits per heavy atom. The molecule has 3 aromatic rings. The van der Waals surface area contributed by atoms with Crippen molar-refractivity contribution in [2.24, 2.45) is 0 Å². The van der Waals surface area contributed by atoms with Crippen molar-refractivity contribution in [3.8, 4) is 0 Å². The van der Waals surface area contributed by atoms with E-state index in [0.717, 1.165) is 5.56 Å². The molecule has 0 atom stereocenters. The zero-order valence-electron chi connectivity index (χ0n) is 13.3. The molecular formula is C17H18N4O2S. The van der Waals surface area contributed by atoms with Crippen molar-refractivity contribution in [1.29, 1.82) is 0 Å². The molecule has 2 aromatic carbocycles. The molecule has 24 heavy (non-hydrogen) atoms. The number of thioether (sulfide) groups is 1. The Bertz CT molecular complexity index is 857. The van der Waals surface area contributed by atoms with Gasteiger partial charge in [0.2, 0.25) is 5.16 Å². The molecule has 0 aliphatic rings. The van der Waals surface area contributed by atoms with E-state index in [0.29, 0.717) is 24.0 Å². The lowest BCUT2D eigenvalue weighted by atomic mass is 10.0. The molecule has 1 heterocycles. The number of benzene rings is 2. The van der Waals surface area contributed by atoms with Gasteiger partial charge in [-0.3, -0.25) is 4.79 Å². The Morgan fingerprint density at radius 2 is 2.00 bits per heavy atom. The SMILES string of the molecule is CCOC(=O)CSc1nnc(Cc2cccc3ccccc23)n1N. The van der Waals surface area contributed by atoms with E-state index in [9.17, 15) is 4.79 Å². The van der Waals surface area contributed by atoms with E-state index in [1.807, 2.05) is 18.2 Å². The molecule has 6 nitrogen and oxygen atoms in total. The first-order valence-corrected chi connectivity index (χ1v) is 8.62. The van der Waals surface area contributed by atoms with E-state index in [4.69, 9.17) is 10.6 Å². The molecule has 0 fully saturated rings. The van der Waals surface area contributed by atoms with Crippen molar-refractivity contribution in [3.63, 3.8) is 0 Å². The van der Waals surface area contributed by atoms with Crippen LogP contribution in [0.4, 0.5) is 0 Å². The van der Waals surface area contributed by atoms with Gasteiger partial charge in [-0.15, -0.1) is 10.2 Å². The van der Waals surface area contributed by atoms with Crippen LogP contribution in [0.1, 0.15) is 18.3 Å². The Kier molecular flexibility index (Phi) is 5.00. The maximum atomic E-state index is 11.4. The van der Waals surface area contributed by atoms with E-state index in [2.05, 4.69) is 34.5 Å². The van der Waals surface area contributed by atoms with Gasteiger partial charge in [0.15, 0.2) is 5.82 Å². The molecule has 124 valence electrons. The molecule has 2 N–H and O–H groups in total. The standard InChI is InChI=1S/C17H18N4O2S/c1-2-23-16(22)11-24-17-20-19-15(21(17)18)10-13-8-5-7-12-6-3-4-9-14(12)13/h3-9H,2,10-11,18H2,1H3. The van der Waals surface area contributed by atoms with Gasteiger partial charge in [-0.1, -0.05) is 54.2 Å². The van der Waals surface area contributed by atoms with Crippen molar-refractivity contribution >= 4 is 28.5 Å². The normalized spacial score (nSPS) is 10.9. The van der Waals surface area contributed by atoms with Crippen LogP contribution >= 0.6 is 11.8 Å². The topological polar surface area (TPSA) is 83.0 Å². The zero-order valence-corrected chi connectivity index (χ0v) is 14.1. The van der Waals surface area contributed by atoms with Crippen LogP contribution in [0.2, 0.25) is 0 Å². The second-order valence-corrected chi connectivity index (χ2v) is 6.12. The van der Waals surface area contributed by atoms with Gasteiger partial charge in [0.05, 0.1) is 12.4 Å². The summed E-state index contributed by atoms with van der Waals surface area (Å²) >= 11 is 1.22. The number of hydrogen-bond acceptors (Lipinski definition) is 6. The molecule has 0 amide bonds. The van der Waals surface area contributed by atoms with Gasteiger partial charge in [0.25, 0.3) is 0 Å². The Hall–Kier alpha value is -2.54. The van der Waals surface area contributed by atoms with Crippen molar-refractivity contribution in [2.75, 3.05) is 18.2 Å². The summed E-state index contributed by atoms with van der Waals surface area (Å²) in [6.07, 6.45) is 0.574. The molecule has 7 heteroatoms. The largest absolute Gasteiger partial charge is 0.465 e. The maximum Gasteiger partial charge on any atom is 0.316 e. The van der Waals surface area contributed by atoms with E-state index in [-0.39, 0.29) is 11.7 Å². The number of carbonyl (C=O) groups excluding carboxylic acids is 1. The molecule has 1 aromatic heterocycles. The monoisotopic (exact) mass is 342 g/mol. The van der Waals surface area contributed by atoms with Crippen LogP contribution in [-0.2, 0) is 16.0 Å². The number of ether oxygens (including phenoxy) is 1. The van der Waals surface area contributed by atoms with Gasteiger partial charge in [-0.2, -0.15) is 0 Å². The van der Waals surface area contributed by atoms with E-state index >= 15 is 0 Å². The minimum atomic E-state index is -0.291. The fourth-order valence-corrected chi connectivity index (χ4v) is 3.14. The van der Waals surface area contributed by atoms with Crippen LogP contribution in [0.3, 0.4) is 0 Å². The lowest BCUT2D eigenvalue weighted by molar-refractivity contribution is -0.139. The predicted octanol–water partition coefficient (Wildman–Crippen LogP) is 2.39. The number of rotatable bonds is 6. The van der Waals surface area contributed by atoms with E-state index in [1.54, 1.807) is 6.92 Å². The first-order valence-electron chi connectivity index (χ1n) is 7.63. The Morgan fingerprint density at radius 1 is 1.21 bits per heavy atom. The summed E-state index contributed by atoms with van der Waals surface area (Å²) in [5.41, 5.74) is 1.13. The summed E-state index contributed by atoms with van der Waals surface area (Å²) in [7, 11) is 0. The molecular weight excluding hydrogens is 324 g/mol. The van der Waals surface area contributed by atoms with Crippen molar-refractivity contribution in [2.45, 2.75) is 18.5 Å². The number of fused-ring (bicyclic) bond motifs is 1. The summed E-state index contributed by atoms with van der Waals surface area (Å²) < 4.78 is 6.33. The number of nitrogens with two attached hydrogens (primary N) is 1. The highest BCUT2D eigenvalue weighted by molar-refractivity contribution is 7.99. The Labute approximate surface area is 144 Å². The highest BCUT2D eigenvalue weighted by Gasteiger charge is 2.14. The van der Waals surface area contributed by atoms with Crippen molar-refractivity contribution in [1.82, 2.24) is 14.9 Å². The van der Waals surface area contributed by atoms with Gasteiger partial charge >= 0.3 is 5.97 Å². The average Bonchev–Trinajstić information content (AvgIpc) is 2.94. The van der Waals surface area contributed by atoms with E-state index in [1.165, 1.54) is 27.2 Å². The lowest BCUT2D eigenvalue weighted by Crippen LogP contribution is -2.15. The summed E-state index contributed by atoms with van der Waals surface area (Å²) in [5.74, 6) is 6.60. The number of nitrogen functional groups attached to an aromatic ring is 1. The quantitative estimate of drug-likeness (QED) is 0.421. The molecule has 3 rings (SSSR count). The van der Waals surface area contributed by atoms with Crippen LogP contribution in [0.15, 0.2) is 47.6 Å². The second-order valence-electron chi connectivity index (χ2n) is 5.18. The fourth-order valence-electron chi connectivity index (χ4n) is 2.47. The van der Waals surface area contributed by atoms with Crippen molar-refractivity contribution in [3.05, 3.63) is 53.9 Å². The number of esters is 1. The van der Waals surface area contributed by atoms with Crippen LogP contribution in [0, 0.1) is 0 Å². The summed E-state index contributed by atoms with van der Waals surface area (Å²) in [6, 6.07) is 14.3. The van der Waals surface area contributed by atoms with Crippen LogP contribution in [0.25, 0.3) is 10.8 Å². The highest BCUT2D eigenvalue weighted by atomic mass is 32.2. The first-order chi connectivity index (χ1) is 11.7. The smallest absolute Gasteiger partial charge is 0.316 e. The first kappa shape index (κ1) is 16.3. The molecule has 0 saturated heterocycles. The second kappa shape index (κ2) is 7.35. The third-order valence-corrected chi connectivity index (χ3v) is 4.50. The zero-order chi connectivity index (χ0) is 16.9. The molecule has 0 saturated carbocycles. The van der Waals surface area contributed by atoms with Gasteiger partial charge < -0.3 is 10.6 Å². The van der Waals surface area contributed by atoms with Crippen molar-refractivity contribution < 1.29 is 9.53 Å². The predicted molar refractivity (Wildman–Crippen MR) is 94.3 cm³/mol. The number of carbonyl (C=O) groups is 1. The molecule has 0 aliphatic carbocycles. The minimum absolute atomic E-state index is 0.164. The highest BCUT2D eigenvalue weighted by Crippen LogP contribution is 2.22. The van der Waals surface area contributed by atoms with Crippen LogP contribution < -0.4 is 5.84 Å². The Balaban J connectivity index is 1.77. The fraction of sp³-hybridized carbons (Fsp3) is 0.235. The third-order valence-electron chi connectivity index (χ3n) is 3.59. The minimum Gasteiger partial charge on any atom is -0.465 e. The van der Waals surface area contributed by atoms with Gasteiger partial charge in [0.1, 0.15) is 0 Å². The molecule has 0 radical (unpaired) electrons. The van der Waals surface area contributed by atoms with Gasteiger partial charge in [-0.05, 0) is 23.3 Å². The van der Waals surface area contributed by atoms with Crippen LogP contribution in [0.5, 0.6) is 0 Å². The number of hydrogen-bond donors (Lipinski definition) is 1. The summed E-state index contributed by atoms with van der Waals surface area (Å²) in [6.45, 7) is 2.14. The molecule has 0 aliphatic heterocycles. The lowest BCUT2D eigenvalue weighted by Gasteiger charge is -2.07. The summed E-state index contributed by atoms with van der Waals surface area (Å²) in [4.78, 5) is 11.4. The molecule has 0 spiro atoms. The number of aromatic nitrogens is 3. The number of nitrogens with zero attached hydrogens (tertiary/aromatic N) is 3. The molecule has 0 bridgehead atoms. The van der Waals surface area contributed by atoms with Crippen LogP contribution in [-0.4, -0.2) is 33.2 Å². The summed E-state index contributed by atoms with van der Waals surface area (Å²) in [5, 5.41) is 11.1. The third kappa shape index (κ3) is 3.51.